The minimum absolute atomic E-state index is 0.299. The second-order valence-electron chi connectivity index (χ2n) is 4.86. The molecule has 0 bridgehead atoms. The van der Waals surface area contributed by atoms with Gasteiger partial charge in [0, 0.05) is 12.0 Å². The van der Waals surface area contributed by atoms with Gasteiger partial charge >= 0.3 is 0 Å². The van der Waals surface area contributed by atoms with Crippen LogP contribution in [0.25, 0.3) is 0 Å². The third-order valence-electron chi connectivity index (χ3n) is 2.99. The van der Waals surface area contributed by atoms with Gasteiger partial charge in [0.25, 0.3) is 0 Å². The van der Waals surface area contributed by atoms with Gasteiger partial charge in [-0.1, -0.05) is 0 Å². The third kappa shape index (κ3) is 2.23. The van der Waals surface area contributed by atoms with Crippen molar-refractivity contribution in [1.29, 1.82) is 0 Å². The van der Waals surface area contributed by atoms with E-state index in [1.807, 2.05) is 13.8 Å². The van der Waals surface area contributed by atoms with Crippen molar-refractivity contribution in [2.45, 2.75) is 45.6 Å². The number of carbonyl (C=O) groups excluding carboxylic acids is 1. The van der Waals surface area contributed by atoms with Crippen molar-refractivity contribution in [1.82, 2.24) is 5.32 Å². The first kappa shape index (κ1) is 9.04. The molecule has 0 unspecified atom stereocenters. The van der Waals surface area contributed by atoms with Crippen LogP contribution < -0.4 is 5.32 Å². The van der Waals surface area contributed by atoms with Gasteiger partial charge in [-0.25, -0.2) is 0 Å². The minimum atomic E-state index is 0.299. The van der Waals surface area contributed by atoms with Crippen LogP contribution in [0.2, 0.25) is 0 Å². The smallest absolute Gasteiger partial charge is 0.223 e. The molecule has 74 valence electrons. The lowest BCUT2D eigenvalue weighted by atomic mass is 9.97. The Labute approximate surface area is 80.1 Å². The lowest BCUT2D eigenvalue weighted by Gasteiger charge is -2.17. The van der Waals surface area contributed by atoms with Crippen LogP contribution in [0.15, 0.2) is 0 Å². The van der Waals surface area contributed by atoms with E-state index in [9.17, 15) is 4.79 Å². The lowest BCUT2D eigenvalue weighted by Crippen LogP contribution is -2.37. The molecule has 2 nitrogen and oxygen atoms in total. The Bertz CT molecular complexity index is 192. The fraction of sp³-hybridized carbons (Fsp3) is 0.909. The number of rotatable bonds is 4. The summed E-state index contributed by atoms with van der Waals surface area (Å²) in [4.78, 5) is 11.8. The average Bonchev–Trinajstić information content (AvgIpc) is 2.75. The van der Waals surface area contributed by atoms with Crippen LogP contribution >= 0.6 is 0 Å². The van der Waals surface area contributed by atoms with Gasteiger partial charge in [0.1, 0.15) is 0 Å². The molecule has 2 fully saturated rings. The van der Waals surface area contributed by atoms with Crippen LogP contribution in [0, 0.1) is 17.8 Å². The fourth-order valence-corrected chi connectivity index (χ4v) is 2.10. The molecule has 2 heteroatoms. The van der Waals surface area contributed by atoms with Crippen LogP contribution in [0.4, 0.5) is 0 Å². The zero-order valence-electron chi connectivity index (χ0n) is 8.55. The second-order valence-corrected chi connectivity index (χ2v) is 4.86. The zero-order chi connectivity index (χ0) is 9.42. The molecule has 0 saturated heterocycles. The van der Waals surface area contributed by atoms with Gasteiger partial charge in [0.15, 0.2) is 0 Å². The summed E-state index contributed by atoms with van der Waals surface area (Å²) in [6.07, 6.45) is 5.14. The van der Waals surface area contributed by atoms with E-state index >= 15 is 0 Å². The molecule has 0 atom stereocenters. The van der Waals surface area contributed by atoms with Crippen molar-refractivity contribution < 1.29 is 4.79 Å². The van der Waals surface area contributed by atoms with Gasteiger partial charge in [-0.15, -0.1) is 0 Å². The zero-order valence-corrected chi connectivity index (χ0v) is 8.55. The molecule has 1 amide bonds. The lowest BCUT2D eigenvalue weighted by molar-refractivity contribution is -0.126. The topological polar surface area (TPSA) is 29.1 Å². The predicted molar refractivity (Wildman–Crippen MR) is 52.2 cm³/mol. The summed E-state index contributed by atoms with van der Waals surface area (Å²) in [7, 11) is 0. The Morgan fingerprint density at radius 3 is 1.92 bits per heavy atom. The number of carbonyl (C=O) groups is 1. The summed E-state index contributed by atoms with van der Waals surface area (Å²) in [5.41, 5.74) is 0. The molecule has 2 saturated carbocycles. The second kappa shape index (κ2) is 3.32. The van der Waals surface area contributed by atoms with Gasteiger partial charge in [0.2, 0.25) is 5.91 Å². The van der Waals surface area contributed by atoms with E-state index in [4.69, 9.17) is 0 Å². The van der Waals surface area contributed by atoms with E-state index in [0.29, 0.717) is 17.9 Å². The first-order chi connectivity index (χ1) is 6.18. The number of hydrogen-bond donors (Lipinski definition) is 1. The number of hydrogen-bond acceptors (Lipinski definition) is 1. The van der Waals surface area contributed by atoms with E-state index in [0.717, 1.165) is 11.8 Å². The standard InChI is InChI=1S/C11H19NO/c1-7(2)12-11(13)10(8-3-4-8)9-5-6-9/h7-10H,3-6H2,1-2H3,(H,12,13). The minimum Gasteiger partial charge on any atom is -0.354 e. The van der Waals surface area contributed by atoms with Crippen molar-refractivity contribution >= 4 is 5.91 Å². The molecule has 0 heterocycles. The molecule has 1 N–H and O–H groups in total. The highest BCUT2D eigenvalue weighted by Crippen LogP contribution is 2.49. The normalized spacial score (nSPS) is 22.5. The summed E-state index contributed by atoms with van der Waals surface area (Å²) in [6, 6.07) is 0.299. The molecule has 0 radical (unpaired) electrons. The molecule has 0 aromatic heterocycles. The highest BCUT2D eigenvalue weighted by Gasteiger charge is 2.45. The van der Waals surface area contributed by atoms with Crippen molar-refractivity contribution in [2.75, 3.05) is 0 Å². The largest absolute Gasteiger partial charge is 0.354 e. The van der Waals surface area contributed by atoms with E-state index in [-0.39, 0.29) is 0 Å². The van der Waals surface area contributed by atoms with Crippen LogP contribution in [0.1, 0.15) is 39.5 Å². The van der Waals surface area contributed by atoms with E-state index < -0.39 is 0 Å². The molecule has 0 aliphatic heterocycles. The molecule has 2 aliphatic rings. The van der Waals surface area contributed by atoms with Crippen LogP contribution in [0.3, 0.4) is 0 Å². The molecular formula is C11H19NO. The average molecular weight is 181 g/mol. The maximum absolute atomic E-state index is 11.8. The Balaban J connectivity index is 1.90. The summed E-state index contributed by atoms with van der Waals surface area (Å²) < 4.78 is 0. The van der Waals surface area contributed by atoms with E-state index in [1.54, 1.807) is 0 Å². The summed E-state index contributed by atoms with van der Waals surface area (Å²) in [6.45, 7) is 4.07. The van der Waals surface area contributed by atoms with Crippen molar-refractivity contribution in [2.24, 2.45) is 17.8 Å². The number of nitrogens with one attached hydrogen (secondary N) is 1. The molecule has 0 aromatic rings. The van der Waals surface area contributed by atoms with Crippen LogP contribution in [-0.2, 0) is 4.79 Å². The quantitative estimate of drug-likeness (QED) is 0.705. The maximum Gasteiger partial charge on any atom is 0.223 e. The van der Waals surface area contributed by atoms with E-state index in [2.05, 4.69) is 5.32 Å². The van der Waals surface area contributed by atoms with Crippen molar-refractivity contribution in [3.05, 3.63) is 0 Å². The van der Waals surface area contributed by atoms with Crippen LogP contribution in [0.5, 0.6) is 0 Å². The molecule has 2 aliphatic carbocycles. The summed E-state index contributed by atoms with van der Waals surface area (Å²) in [5.74, 6) is 2.14. The van der Waals surface area contributed by atoms with Gasteiger partial charge < -0.3 is 5.32 Å². The van der Waals surface area contributed by atoms with Crippen LogP contribution in [-0.4, -0.2) is 11.9 Å². The summed E-state index contributed by atoms with van der Waals surface area (Å²) in [5, 5.41) is 3.05. The van der Waals surface area contributed by atoms with Crippen molar-refractivity contribution in [3.63, 3.8) is 0 Å². The van der Waals surface area contributed by atoms with Gasteiger partial charge in [-0.2, -0.15) is 0 Å². The first-order valence-electron chi connectivity index (χ1n) is 5.49. The first-order valence-corrected chi connectivity index (χ1v) is 5.49. The van der Waals surface area contributed by atoms with Gasteiger partial charge in [-0.05, 0) is 51.4 Å². The highest BCUT2D eigenvalue weighted by molar-refractivity contribution is 5.80. The van der Waals surface area contributed by atoms with E-state index in [1.165, 1.54) is 25.7 Å². The SMILES string of the molecule is CC(C)NC(=O)C(C1CC1)C1CC1. The van der Waals surface area contributed by atoms with Gasteiger partial charge in [0.05, 0.1) is 0 Å². The Hall–Kier alpha value is -0.530. The Morgan fingerprint density at radius 2 is 1.62 bits per heavy atom. The molecule has 0 spiro atoms. The monoisotopic (exact) mass is 181 g/mol. The highest BCUT2D eigenvalue weighted by atomic mass is 16.2. The fourth-order valence-electron chi connectivity index (χ4n) is 2.10. The molecule has 13 heavy (non-hydrogen) atoms. The Morgan fingerprint density at radius 1 is 1.15 bits per heavy atom. The molecular weight excluding hydrogens is 162 g/mol. The summed E-state index contributed by atoms with van der Waals surface area (Å²) >= 11 is 0. The predicted octanol–water partition coefficient (Wildman–Crippen LogP) is 1.95. The third-order valence-corrected chi connectivity index (χ3v) is 2.99. The van der Waals surface area contributed by atoms with Crippen molar-refractivity contribution in [3.8, 4) is 0 Å². The molecule has 0 aromatic carbocycles. The Kier molecular flexibility index (Phi) is 2.31. The maximum atomic E-state index is 11.8. The number of amides is 1. The molecule has 2 rings (SSSR count). The van der Waals surface area contributed by atoms with Gasteiger partial charge in [-0.3, -0.25) is 4.79 Å².